The number of halogens is 1. The van der Waals surface area contributed by atoms with E-state index >= 15 is 0 Å². The lowest BCUT2D eigenvalue weighted by molar-refractivity contribution is -0.00782. The summed E-state index contributed by atoms with van der Waals surface area (Å²) in [6.07, 6.45) is 2.40. The molecule has 0 bridgehead atoms. The Kier molecular flexibility index (Phi) is 4.21. The maximum atomic E-state index is 6.01. The molecule has 0 spiro atoms. The highest BCUT2D eigenvalue weighted by Crippen LogP contribution is 2.47. The third-order valence-corrected chi connectivity index (χ3v) is 5.19. The molecule has 1 aliphatic rings. The molecule has 1 fully saturated rings. The Morgan fingerprint density at radius 2 is 1.83 bits per heavy atom. The van der Waals surface area contributed by atoms with Crippen LogP contribution in [-0.2, 0) is 0 Å². The standard InChI is InChI=1S/C15H21BrO2/c1-4-9-17-11-5-7-12(8-6-11)18-14-10-13(16)15(14,2)3/h5-8,13-14H,4,9-10H2,1-3H3. The van der Waals surface area contributed by atoms with Gasteiger partial charge in [0.15, 0.2) is 0 Å². The van der Waals surface area contributed by atoms with Crippen LogP contribution in [0, 0.1) is 5.41 Å². The molecule has 0 aromatic heterocycles. The van der Waals surface area contributed by atoms with E-state index < -0.39 is 0 Å². The summed E-state index contributed by atoms with van der Waals surface area (Å²) in [6.45, 7) is 7.34. The number of hydrogen-bond donors (Lipinski definition) is 0. The van der Waals surface area contributed by atoms with Crippen LogP contribution in [0.1, 0.15) is 33.6 Å². The van der Waals surface area contributed by atoms with Crippen molar-refractivity contribution >= 4 is 15.9 Å². The van der Waals surface area contributed by atoms with Gasteiger partial charge in [-0.15, -0.1) is 0 Å². The zero-order valence-corrected chi connectivity index (χ0v) is 12.9. The number of benzene rings is 1. The lowest BCUT2D eigenvalue weighted by atomic mass is 9.69. The molecular weight excluding hydrogens is 292 g/mol. The van der Waals surface area contributed by atoms with E-state index in [4.69, 9.17) is 9.47 Å². The highest BCUT2D eigenvalue weighted by atomic mass is 79.9. The molecule has 0 aliphatic heterocycles. The smallest absolute Gasteiger partial charge is 0.120 e. The fourth-order valence-corrected chi connectivity index (χ4v) is 2.67. The molecule has 18 heavy (non-hydrogen) atoms. The number of ether oxygens (including phenoxy) is 2. The van der Waals surface area contributed by atoms with E-state index in [1.807, 2.05) is 24.3 Å². The van der Waals surface area contributed by atoms with Crippen molar-refractivity contribution in [2.75, 3.05) is 6.61 Å². The minimum atomic E-state index is 0.206. The molecule has 1 aromatic rings. The van der Waals surface area contributed by atoms with Crippen LogP contribution in [0.2, 0.25) is 0 Å². The van der Waals surface area contributed by atoms with Gasteiger partial charge >= 0.3 is 0 Å². The van der Waals surface area contributed by atoms with Gasteiger partial charge < -0.3 is 9.47 Å². The highest BCUT2D eigenvalue weighted by molar-refractivity contribution is 9.09. The number of alkyl halides is 1. The average molecular weight is 313 g/mol. The third-order valence-electron chi connectivity index (χ3n) is 3.63. The minimum Gasteiger partial charge on any atom is -0.494 e. The first-order valence-electron chi connectivity index (χ1n) is 6.57. The van der Waals surface area contributed by atoms with Crippen molar-refractivity contribution in [2.45, 2.75) is 44.5 Å². The molecule has 1 saturated carbocycles. The van der Waals surface area contributed by atoms with Gasteiger partial charge in [-0.3, -0.25) is 0 Å². The Labute approximate surface area is 118 Å². The molecule has 1 aromatic carbocycles. The van der Waals surface area contributed by atoms with E-state index in [0.717, 1.165) is 30.9 Å². The topological polar surface area (TPSA) is 18.5 Å². The second-order valence-corrected chi connectivity index (χ2v) is 6.56. The summed E-state index contributed by atoms with van der Waals surface area (Å²) in [5.41, 5.74) is 0.206. The van der Waals surface area contributed by atoms with Gasteiger partial charge in [0.1, 0.15) is 17.6 Å². The normalized spacial score (nSPS) is 25.3. The Morgan fingerprint density at radius 3 is 2.33 bits per heavy atom. The van der Waals surface area contributed by atoms with Crippen LogP contribution in [0.25, 0.3) is 0 Å². The van der Waals surface area contributed by atoms with E-state index in [0.29, 0.717) is 10.9 Å². The van der Waals surface area contributed by atoms with E-state index in [-0.39, 0.29) is 5.41 Å². The van der Waals surface area contributed by atoms with Gasteiger partial charge in [0.25, 0.3) is 0 Å². The first kappa shape index (κ1) is 13.7. The maximum Gasteiger partial charge on any atom is 0.120 e. The van der Waals surface area contributed by atoms with E-state index in [2.05, 4.69) is 36.7 Å². The zero-order valence-electron chi connectivity index (χ0n) is 11.3. The second-order valence-electron chi connectivity index (χ2n) is 5.45. The van der Waals surface area contributed by atoms with Crippen molar-refractivity contribution in [3.63, 3.8) is 0 Å². The summed E-state index contributed by atoms with van der Waals surface area (Å²) >= 11 is 3.68. The van der Waals surface area contributed by atoms with Crippen molar-refractivity contribution in [3.05, 3.63) is 24.3 Å². The molecule has 0 heterocycles. The minimum absolute atomic E-state index is 0.206. The van der Waals surface area contributed by atoms with Crippen molar-refractivity contribution in [1.82, 2.24) is 0 Å². The van der Waals surface area contributed by atoms with Gasteiger partial charge in [0.05, 0.1) is 6.61 Å². The zero-order chi connectivity index (χ0) is 13.2. The largest absolute Gasteiger partial charge is 0.494 e. The van der Waals surface area contributed by atoms with Crippen LogP contribution in [0.5, 0.6) is 11.5 Å². The maximum absolute atomic E-state index is 6.01. The SMILES string of the molecule is CCCOc1ccc(OC2CC(Br)C2(C)C)cc1. The van der Waals surface area contributed by atoms with Crippen molar-refractivity contribution in [1.29, 1.82) is 0 Å². The van der Waals surface area contributed by atoms with Crippen LogP contribution >= 0.6 is 15.9 Å². The molecule has 0 radical (unpaired) electrons. The molecule has 3 heteroatoms. The summed E-state index contributed by atoms with van der Waals surface area (Å²) in [6, 6.07) is 7.93. The quantitative estimate of drug-likeness (QED) is 0.749. The van der Waals surface area contributed by atoms with Gasteiger partial charge in [0, 0.05) is 10.2 Å². The van der Waals surface area contributed by atoms with Gasteiger partial charge in [-0.1, -0.05) is 36.7 Å². The predicted octanol–water partition coefficient (Wildman–Crippen LogP) is 4.42. The lowest BCUT2D eigenvalue weighted by Gasteiger charge is -2.48. The lowest BCUT2D eigenvalue weighted by Crippen LogP contribution is -2.53. The van der Waals surface area contributed by atoms with Gasteiger partial charge in [-0.2, -0.15) is 0 Å². The molecule has 2 unspecified atom stereocenters. The third kappa shape index (κ3) is 2.82. The fraction of sp³-hybridized carbons (Fsp3) is 0.600. The van der Waals surface area contributed by atoms with Crippen LogP contribution in [0.15, 0.2) is 24.3 Å². The Morgan fingerprint density at radius 1 is 1.22 bits per heavy atom. The first-order chi connectivity index (χ1) is 8.54. The molecule has 2 nitrogen and oxygen atoms in total. The summed E-state index contributed by atoms with van der Waals surface area (Å²) in [5, 5.41) is 0. The first-order valence-corrected chi connectivity index (χ1v) is 7.49. The van der Waals surface area contributed by atoms with Crippen molar-refractivity contribution in [3.8, 4) is 11.5 Å². The molecule has 0 amide bonds. The molecule has 2 atom stereocenters. The van der Waals surface area contributed by atoms with Gasteiger partial charge in [0.2, 0.25) is 0 Å². The van der Waals surface area contributed by atoms with Crippen molar-refractivity contribution < 1.29 is 9.47 Å². The van der Waals surface area contributed by atoms with Crippen LogP contribution < -0.4 is 9.47 Å². The van der Waals surface area contributed by atoms with E-state index in [1.165, 1.54) is 0 Å². The van der Waals surface area contributed by atoms with Crippen LogP contribution in [-0.4, -0.2) is 17.5 Å². The predicted molar refractivity (Wildman–Crippen MR) is 77.8 cm³/mol. The molecular formula is C15H21BrO2. The summed E-state index contributed by atoms with van der Waals surface area (Å²) < 4.78 is 11.6. The summed E-state index contributed by atoms with van der Waals surface area (Å²) in [7, 11) is 0. The van der Waals surface area contributed by atoms with Gasteiger partial charge in [-0.05, 0) is 37.1 Å². The fourth-order valence-electron chi connectivity index (χ4n) is 2.04. The average Bonchev–Trinajstić information content (AvgIpc) is 2.37. The van der Waals surface area contributed by atoms with E-state index in [1.54, 1.807) is 0 Å². The molecule has 2 rings (SSSR count). The number of rotatable bonds is 5. The summed E-state index contributed by atoms with van der Waals surface area (Å²) in [4.78, 5) is 0.558. The molecule has 0 saturated heterocycles. The van der Waals surface area contributed by atoms with Crippen LogP contribution in [0.3, 0.4) is 0 Å². The van der Waals surface area contributed by atoms with Crippen LogP contribution in [0.4, 0.5) is 0 Å². The molecule has 0 N–H and O–H groups in total. The molecule has 1 aliphatic carbocycles. The van der Waals surface area contributed by atoms with Gasteiger partial charge in [-0.25, -0.2) is 0 Å². The summed E-state index contributed by atoms with van der Waals surface area (Å²) in [5.74, 6) is 1.84. The second kappa shape index (κ2) is 5.52. The Bertz CT molecular complexity index is 386. The Hall–Kier alpha value is -0.700. The Balaban J connectivity index is 1.91. The molecule has 100 valence electrons. The monoisotopic (exact) mass is 312 g/mol. The number of hydrogen-bond acceptors (Lipinski definition) is 2. The highest BCUT2D eigenvalue weighted by Gasteiger charge is 2.48. The van der Waals surface area contributed by atoms with Crippen molar-refractivity contribution in [2.24, 2.45) is 5.41 Å². The van der Waals surface area contributed by atoms with E-state index in [9.17, 15) is 0 Å².